The highest BCUT2D eigenvalue weighted by Crippen LogP contribution is 2.04. The lowest BCUT2D eigenvalue weighted by Gasteiger charge is -2.19. The second-order valence-electron chi connectivity index (χ2n) is 6.94. The summed E-state index contributed by atoms with van der Waals surface area (Å²) in [5.41, 5.74) is 7.57. The highest BCUT2D eigenvalue weighted by Gasteiger charge is 2.22. The van der Waals surface area contributed by atoms with Crippen LogP contribution >= 0.6 is 0 Å². The molecule has 0 unspecified atom stereocenters. The molecule has 0 aliphatic carbocycles. The van der Waals surface area contributed by atoms with Crippen molar-refractivity contribution in [2.45, 2.75) is 24.9 Å². The zero-order valence-electron chi connectivity index (χ0n) is 16.9. The summed E-state index contributed by atoms with van der Waals surface area (Å²) in [6.45, 7) is -0.927. The van der Waals surface area contributed by atoms with Gasteiger partial charge in [-0.25, -0.2) is 0 Å². The molecule has 9 heteroatoms. The standard InChI is InChI=1S/C22H26N4O5/c23-17(11-15-7-3-1-4-8-15)21(30)24-13-19(27)26-18(22(31)25-14-20(28)29)12-16-9-5-2-6-10-16/h1-10,17-18H,11-14,23H2,(H,24,30)(H,25,31)(H,26,27)(H,28,29)/t17-,18-/m1/s1. The van der Waals surface area contributed by atoms with Crippen LogP contribution in [-0.4, -0.2) is 54.0 Å². The molecule has 0 saturated heterocycles. The average molecular weight is 426 g/mol. The molecular formula is C22H26N4O5. The number of hydrogen-bond acceptors (Lipinski definition) is 5. The SMILES string of the molecule is N[C@H](Cc1ccccc1)C(=O)NCC(=O)N[C@H](Cc1ccccc1)C(=O)NCC(=O)O. The van der Waals surface area contributed by atoms with Crippen LogP contribution in [0.4, 0.5) is 0 Å². The molecule has 2 aromatic carbocycles. The molecule has 0 heterocycles. The fourth-order valence-corrected chi connectivity index (χ4v) is 2.85. The summed E-state index contributed by atoms with van der Waals surface area (Å²) in [5, 5.41) is 16.0. The van der Waals surface area contributed by atoms with Crippen LogP contribution in [0.3, 0.4) is 0 Å². The first kappa shape index (κ1) is 23.6. The first-order valence-corrected chi connectivity index (χ1v) is 9.75. The molecule has 0 aliphatic rings. The van der Waals surface area contributed by atoms with Gasteiger partial charge in [0.15, 0.2) is 0 Å². The number of amides is 3. The number of carboxylic acid groups (broad SMARTS) is 1. The van der Waals surface area contributed by atoms with Crippen molar-refractivity contribution in [3.63, 3.8) is 0 Å². The van der Waals surface area contributed by atoms with E-state index < -0.39 is 42.3 Å². The number of hydrogen-bond donors (Lipinski definition) is 5. The van der Waals surface area contributed by atoms with Crippen molar-refractivity contribution in [1.29, 1.82) is 0 Å². The lowest BCUT2D eigenvalue weighted by molar-refractivity contribution is -0.138. The number of benzene rings is 2. The summed E-state index contributed by atoms with van der Waals surface area (Å²) in [4.78, 5) is 47.5. The third-order valence-electron chi connectivity index (χ3n) is 4.41. The normalized spacial score (nSPS) is 12.3. The molecular weight excluding hydrogens is 400 g/mol. The van der Waals surface area contributed by atoms with E-state index in [1.165, 1.54) is 0 Å². The number of nitrogens with one attached hydrogen (secondary N) is 3. The zero-order valence-corrected chi connectivity index (χ0v) is 16.9. The molecule has 0 spiro atoms. The lowest BCUT2D eigenvalue weighted by Crippen LogP contribution is -2.52. The van der Waals surface area contributed by atoms with E-state index in [9.17, 15) is 19.2 Å². The van der Waals surface area contributed by atoms with E-state index in [0.717, 1.165) is 11.1 Å². The molecule has 164 valence electrons. The second-order valence-corrected chi connectivity index (χ2v) is 6.94. The Morgan fingerprint density at radius 1 is 0.774 bits per heavy atom. The van der Waals surface area contributed by atoms with Crippen LogP contribution in [0.1, 0.15) is 11.1 Å². The smallest absolute Gasteiger partial charge is 0.322 e. The van der Waals surface area contributed by atoms with Gasteiger partial charge in [-0.1, -0.05) is 60.7 Å². The molecule has 2 aromatic rings. The van der Waals surface area contributed by atoms with Crippen molar-refractivity contribution in [3.05, 3.63) is 71.8 Å². The Labute approximate surface area is 180 Å². The van der Waals surface area contributed by atoms with E-state index in [4.69, 9.17) is 10.8 Å². The Balaban J connectivity index is 1.90. The van der Waals surface area contributed by atoms with Gasteiger partial charge in [0.05, 0.1) is 12.6 Å². The molecule has 0 radical (unpaired) electrons. The van der Waals surface area contributed by atoms with Crippen LogP contribution in [0.15, 0.2) is 60.7 Å². The maximum absolute atomic E-state index is 12.3. The predicted molar refractivity (Wildman–Crippen MR) is 114 cm³/mol. The number of aliphatic carboxylic acids is 1. The average Bonchev–Trinajstić information content (AvgIpc) is 2.76. The van der Waals surface area contributed by atoms with Gasteiger partial charge in [0.25, 0.3) is 0 Å². The van der Waals surface area contributed by atoms with Crippen molar-refractivity contribution in [3.8, 4) is 0 Å². The van der Waals surface area contributed by atoms with Gasteiger partial charge >= 0.3 is 5.97 Å². The van der Waals surface area contributed by atoms with Crippen LogP contribution in [0.25, 0.3) is 0 Å². The molecule has 0 bridgehead atoms. The number of carboxylic acids is 1. The molecule has 2 atom stereocenters. The Morgan fingerprint density at radius 3 is 1.84 bits per heavy atom. The van der Waals surface area contributed by atoms with Gasteiger partial charge < -0.3 is 26.8 Å². The van der Waals surface area contributed by atoms with Crippen LogP contribution in [-0.2, 0) is 32.0 Å². The molecule has 2 rings (SSSR count). The molecule has 0 aromatic heterocycles. The maximum atomic E-state index is 12.3. The summed E-state index contributed by atoms with van der Waals surface area (Å²) >= 11 is 0. The lowest BCUT2D eigenvalue weighted by atomic mass is 10.1. The van der Waals surface area contributed by atoms with E-state index in [2.05, 4.69) is 16.0 Å². The van der Waals surface area contributed by atoms with E-state index in [-0.39, 0.29) is 13.0 Å². The maximum Gasteiger partial charge on any atom is 0.322 e. The summed E-state index contributed by atoms with van der Waals surface area (Å²) in [7, 11) is 0. The molecule has 3 amide bonds. The summed E-state index contributed by atoms with van der Waals surface area (Å²) < 4.78 is 0. The van der Waals surface area contributed by atoms with E-state index in [1.807, 2.05) is 36.4 Å². The van der Waals surface area contributed by atoms with Crippen molar-refractivity contribution < 1.29 is 24.3 Å². The monoisotopic (exact) mass is 426 g/mol. The summed E-state index contributed by atoms with van der Waals surface area (Å²) in [6.07, 6.45) is 0.488. The van der Waals surface area contributed by atoms with Gasteiger partial charge in [-0.3, -0.25) is 19.2 Å². The number of rotatable bonds is 11. The van der Waals surface area contributed by atoms with Gasteiger partial charge in [-0.15, -0.1) is 0 Å². The van der Waals surface area contributed by atoms with Crippen molar-refractivity contribution in [2.75, 3.05) is 13.1 Å². The van der Waals surface area contributed by atoms with E-state index in [1.54, 1.807) is 24.3 Å². The van der Waals surface area contributed by atoms with E-state index >= 15 is 0 Å². The third kappa shape index (κ3) is 8.67. The van der Waals surface area contributed by atoms with Crippen molar-refractivity contribution >= 4 is 23.7 Å². The fraction of sp³-hybridized carbons (Fsp3) is 0.273. The van der Waals surface area contributed by atoms with Crippen LogP contribution < -0.4 is 21.7 Å². The minimum atomic E-state index is -1.20. The minimum Gasteiger partial charge on any atom is -0.480 e. The zero-order chi connectivity index (χ0) is 22.6. The topological polar surface area (TPSA) is 151 Å². The van der Waals surface area contributed by atoms with Crippen LogP contribution in [0.2, 0.25) is 0 Å². The van der Waals surface area contributed by atoms with Gasteiger partial charge in [-0.2, -0.15) is 0 Å². The molecule has 9 nitrogen and oxygen atoms in total. The quantitative estimate of drug-likeness (QED) is 0.330. The predicted octanol–water partition coefficient (Wildman–Crippen LogP) is -0.399. The Kier molecular flexibility index (Phi) is 9.18. The molecule has 0 saturated carbocycles. The molecule has 31 heavy (non-hydrogen) atoms. The Hall–Kier alpha value is -3.72. The largest absolute Gasteiger partial charge is 0.480 e. The van der Waals surface area contributed by atoms with E-state index in [0.29, 0.717) is 6.42 Å². The number of nitrogens with two attached hydrogens (primary N) is 1. The highest BCUT2D eigenvalue weighted by molar-refractivity contribution is 5.92. The Morgan fingerprint density at radius 2 is 1.29 bits per heavy atom. The Bertz CT molecular complexity index is 889. The molecule has 0 fully saturated rings. The van der Waals surface area contributed by atoms with Gasteiger partial charge in [0.1, 0.15) is 12.6 Å². The fourth-order valence-electron chi connectivity index (χ4n) is 2.85. The highest BCUT2D eigenvalue weighted by atomic mass is 16.4. The number of carbonyl (C=O) groups excluding carboxylic acids is 3. The van der Waals surface area contributed by atoms with Gasteiger partial charge in [0, 0.05) is 6.42 Å². The van der Waals surface area contributed by atoms with Gasteiger partial charge in [-0.05, 0) is 17.5 Å². The number of carbonyl (C=O) groups is 4. The van der Waals surface area contributed by atoms with Crippen LogP contribution in [0, 0.1) is 0 Å². The first-order valence-electron chi connectivity index (χ1n) is 9.75. The summed E-state index contributed by atoms with van der Waals surface area (Å²) in [5.74, 6) is -2.91. The van der Waals surface area contributed by atoms with Crippen molar-refractivity contribution in [2.24, 2.45) is 5.73 Å². The first-order chi connectivity index (χ1) is 14.8. The van der Waals surface area contributed by atoms with Crippen LogP contribution in [0.5, 0.6) is 0 Å². The van der Waals surface area contributed by atoms with Gasteiger partial charge in [0.2, 0.25) is 17.7 Å². The molecule has 6 N–H and O–H groups in total. The second kappa shape index (κ2) is 12.1. The minimum absolute atomic E-state index is 0.166. The summed E-state index contributed by atoms with van der Waals surface area (Å²) in [6, 6.07) is 16.4. The molecule has 0 aliphatic heterocycles. The third-order valence-corrected chi connectivity index (χ3v) is 4.41. The van der Waals surface area contributed by atoms with Crippen molar-refractivity contribution in [1.82, 2.24) is 16.0 Å².